The third-order valence-electron chi connectivity index (χ3n) is 1.95. The molecule has 0 spiro atoms. The van der Waals surface area contributed by atoms with Gasteiger partial charge >= 0.3 is 0 Å². The molecule has 0 saturated carbocycles. The Balaban J connectivity index is 2.46. The van der Waals surface area contributed by atoms with E-state index in [9.17, 15) is 0 Å². The van der Waals surface area contributed by atoms with E-state index in [1.807, 2.05) is 26.0 Å². The largest absolute Gasteiger partial charge is 0.494 e. The number of ether oxygens (including phenoxy) is 2. The van der Waals surface area contributed by atoms with Gasteiger partial charge in [-0.3, -0.25) is 0 Å². The second-order valence-corrected chi connectivity index (χ2v) is 3.03. The summed E-state index contributed by atoms with van der Waals surface area (Å²) in [7, 11) is 0. The van der Waals surface area contributed by atoms with Crippen molar-refractivity contribution in [3.63, 3.8) is 0 Å². The van der Waals surface area contributed by atoms with Gasteiger partial charge in [-0.05, 0) is 38.0 Å². The number of benzene rings is 1. The van der Waals surface area contributed by atoms with Crippen LogP contribution in [0.2, 0.25) is 0 Å². The van der Waals surface area contributed by atoms with Gasteiger partial charge in [-0.25, -0.2) is 0 Å². The van der Waals surface area contributed by atoms with Crippen LogP contribution in [0.5, 0.6) is 5.75 Å². The summed E-state index contributed by atoms with van der Waals surface area (Å²) in [6.45, 7) is 6.29. The molecule has 78 valence electrons. The molecule has 0 N–H and O–H groups in total. The Morgan fingerprint density at radius 1 is 1.14 bits per heavy atom. The van der Waals surface area contributed by atoms with E-state index >= 15 is 0 Å². The molecule has 2 heteroatoms. The molecule has 0 aliphatic carbocycles. The first-order valence-electron chi connectivity index (χ1n) is 5.16. The van der Waals surface area contributed by atoms with Crippen LogP contribution in [0.4, 0.5) is 0 Å². The maximum absolute atomic E-state index is 5.41. The van der Waals surface area contributed by atoms with Gasteiger partial charge in [0.1, 0.15) is 5.75 Å². The number of hydrogen-bond donors (Lipinski definition) is 0. The average Bonchev–Trinajstić information content (AvgIpc) is 2.19. The predicted octanol–water partition coefficient (Wildman–Crippen LogP) is 2.66. The monoisotopic (exact) mass is 194 g/mol. The third kappa shape index (κ3) is 3.79. The van der Waals surface area contributed by atoms with E-state index in [1.54, 1.807) is 0 Å². The minimum atomic E-state index is 0.717. The molecule has 1 rings (SSSR count). The Morgan fingerprint density at radius 2 is 2.00 bits per heavy atom. The quantitative estimate of drug-likeness (QED) is 0.648. The second kappa shape index (κ2) is 6.44. The molecular formula is C12H18O2. The van der Waals surface area contributed by atoms with Crippen LogP contribution in [0.1, 0.15) is 19.4 Å². The Hall–Kier alpha value is -1.02. The van der Waals surface area contributed by atoms with Crippen LogP contribution in [0.25, 0.3) is 0 Å². The molecule has 0 fully saturated rings. The number of hydrogen-bond acceptors (Lipinski definition) is 2. The molecule has 0 aliphatic rings. The van der Waals surface area contributed by atoms with Crippen molar-refractivity contribution >= 4 is 0 Å². The van der Waals surface area contributed by atoms with Crippen LogP contribution < -0.4 is 4.74 Å². The van der Waals surface area contributed by atoms with Crippen molar-refractivity contribution in [3.05, 3.63) is 29.8 Å². The van der Waals surface area contributed by atoms with Crippen molar-refractivity contribution in [2.24, 2.45) is 0 Å². The van der Waals surface area contributed by atoms with Crippen molar-refractivity contribution in [2.75, 3.05) is 19.8 Å². The summed E-state index contributed by atoms with van der Waals surface area (Å²) in [5.41, 5.74) is 1.27. The molecule has 0 saturated heterocycles. The maximum atomic E-state index is 5.41. The Kier molecular flexibility index (Phi) is 5.08. The summed E-state index contributed by atoms with van der Waals surface area (Å²) in [5, 5.41) is 0. The van der Waals surface area contributed by atoms with Crippen LogP contribution in [-0.2, 0) is 11.2 Å². The Labute approximate surface area is 85.8 Å². The van der Waals surface area contributed by atoms with Gasteiger partial charge in [-0.15, -0.1) is 0 Å². The van der Waals surface area contributed by atoms with E-state index < -0.39 is 0 Å². The van der Waals surface area contributed by atoms with Crippen molar-refractivity contribution in [1.29, 1.82) is 0 Å². The molecule has 1 aromatic rings. The van der Waals surface area contributed by atoms with Crippen LogP contribution in [0.15, 0.2) is 24.3 Å². The maximum Gasteiger partial charge on any atom is 0.119 e. The molecule has 0 heterocycles. The summed E-state index contributed by atoms with van der Waals surface area (Å²) >= 11 is 0. The normalized spacial score (nSPS) is 10.1. The first-order valence-corrected chi connectivity index (χ1v) is 5.16. The fourth-order valence-electron chi connectivity index (χ4n) is 1.29. The molecule has 0 amide bonds. The zero-order valence-electron chi connectivity index (χ0n) is 8.95. The van der Waals surface area contributed by atoms with E-state index in [0.29, 0.717) is 0 Å². The predicted molar refractivity (Wildman–Crippen MR) is 57.8 cm³/mol. The molecule has 2 nitrogen and oxygen atoms in total. The van der Waals surface area contributed by atoms with Crippen molar-refractivity contribution < 1.29 is 9.47 Å². The summed E-state index contributed by atoms with van der Waals surface area (Å²) in [6.07, 6.45) is 0.953. The average molecular weight is 194 g/mol. The van der Waals surface area contributed by atoms with Crippen molar-refractivity contribution in [1.82, 2.24) is 0 Å². The highest BCUT2D eigenvalue weighted by atomic mass is 16.5. The van der Waals surface area contributed by atoms with E-state index in [2.05, 4.69) is 12.1 Å². The first-order chi connectivity index (χ1) is 6.86. The molecule has 14 heavy (non-hydrogen) atoms. The molecule has 1 aromatic carbocycles. The first kappa shape index (κ1) is 11.1. The van der Waals surface area contributed by atoms with E-state index in [4.69, 9.17) is 9.47 Å². The highest BCUT2D eigenvalue weighted by Crippen LogP contribution is 2.13. The summed E-state index contributed by atoms with van der Waals surface area (Å²) in [4.78, 5) is 0. The lowest BCUT2D eigenvalue weighted by molar-refractivity contribution is 0.151. The van der Waals surface area contributed by atoms with Gasteiger partial charge in [-0.1, -0.05) is 12.1 Å². The topological polar surface area (TPSA) is 18.5 Å². The van der Waals surface area contributed by atoms with Gasteiger partial charge in [0, 0.05) is 6.61 Å². The van der Waals surface area contributed by atoms with Crippen LogP contribution in [0.3, 0.4) is 0 Å². The van der Waals surface area contributed by atoms with Gasteiger partial charge in [0.25, 0.3) is 0 Å². The Morgan fingerprint density at radius 3 is 2.71 bits per heavy atom. The molecule has 0 unspecified atom stereocenters. The zero-order chi connectivity index (χ0) is 10.2. The molecule has 0 radical (unpaired) electrons. The lowest BCUT2D eigenvalue weighted by atomic mass is 10.1. The van der Waals surface area contributed by atoms with Crippen molar-refractivity contribution in [3.8, 4) is 5.75 Å². The SMILES string of the molecule is CCOCCc1cccc(OCC)c1. The second-order valence-electron chi connectivity index (χ2n) is 3.03. The van der Waals surface area contributed by atoms with E-state index in [-0.39, 0.29) is 0 Å². The lowest BCUT2D eigenvalue weighted by Crippen LogP contribution is -1.98. The molecular weight excluding hydrogens is 176 g/mol. The molecule has 0 bridgehead atoms. The van der Waals surface area contributed by atoms with Crippen molar-refractivity contribution in [2.45, 2.75) is 20.3 Å². The van der Waals surface area contributed by atoms with Crippen LogP contribution in [-0.4, -0.2) is 19.8 Å². The highest BCUT2D eigenvalue weighted by molar-refractivity contribution is 5.28. The molecule has 0 atom stereocenters. The minimum absolute atomic E-state index is 0.717. The van der Waals surface area contributed by atoms with E-state index in [1.165, 1.54) is 5.56 Å². The Bertz CT molecular complexity index is 258. The third-order valence-corrected chi connectivity index (χ3v) is 1.95. The van der Waals surface area contributed by atoms with Gasteiger partial charge in [0.2, 0.25) is 0 Å². The standard InChI is InChI=1S/C12H18O2/c1-3-13-9-8-11-6-5-7-12(10-11)14-4-2/h5-7,10H,3-4,8-9H2,1-2H3. The minimum Gasteiger partial charge on any atom is -0.494 e. The van der Waals surface area contributed by atoms with Gasteiger partial charge < -0.3 is 9.47 Å². The summed E-state index contributed by atoms with van der Waals surface area (Å²) in [6, 6.07) is 8.17. The molecule has 0 aliphatic heterocycles. The smallest absolute Gasteiger partial charge is 0.119 e. The van der Waals surface area contributed by atoms with E-state index in [0.717, 1.165) is 32.0 Å². The van der Waals surface area contributed by atoms with Gasteiger partial charge in [-0.2, -0.15) is 0 Å². The molecule has 0 aromatic heterocycles. The van der Waals surface area contributed by atoms with Gasteiger partial charge in [0.15, 0.2) is 0 Å². The fourth-order valence-corrected chi connectivity index (χ4v) is 1.29. The fraction of sp³-hybridized carbons (Fsp3) is 0.500. The number of rotatable bonds is 6. The van der Waals surface area contributed by atoms with Crippen LogP contribution >= 0.6 is 0 Å². The van der Waals surface area contributed by atoms with Gasteiger partial charge in [0.05, 0.1) is 13.2 Å². The zero-order valence-corrected chi connectivity index (χ0v) is 8.95. The van der Waals surface area contributed by atoms with Crippen LogP contribution in [0, 0.1) is 0 Å². The highest BCUT2D eigenvalue weighted by Gasteiger charge is 1.96. The lowest BCUT2D eigenvalue weighted by Gasteiger charge is -2.05. The summed E-state index contributed by atoms with van der Waals surface area (Å²) < 4.78 is 10.7. The summed E-state index contributed by atoms with van der Waals surface area (Å²) in [5.74, 6) is 0.946.